The van der Waals surface area contributed by atoms with Crippen LogP contribution in [0, 0.1) is 19.7 Å². The molecule has 3 rings (SSSR count). The number of thiazole rings is 1. The molecule has 3 nitrogen and oxygen atoms in total. The molecule has 0 aliphatic rings. The highest BCUT2D eigenvalue weighted by atomic mass is 32.2. The largest absolute Gasteiger partial charge is 0.240 e. The summed E-state index contributed by atoms with van der Waals surface area (Å²) in [5.74, 6) is 1.31. The molecule has 2 heterocycles. The molecule has 3 aromatic rings. The van der Waals surface area contributed by atoms with Crippen molar-refractivity contribution in [2.45, 2.75) is 24.6 Å². The van der Waals surface area contributed by atoms with Crippen LogP contribution in [0.3, 0.4) is 0 Å². The Morgan fingerprint density at radius 1 is 1.09 bits per heavy atom. The molecule has 0 fully saturated rings. The predicted octanol–water partition coefficient (Wildman–Crippen LogP) is 4.65. The molecule has 0 aliphatic carbocycles. The van der Waals surface area contributed by atoms with Gasteiger partial charge in [-0.1, -0.05) is 11.8 Å². The van der Waals surface area contributed by atoms with Crippen LogP contribution in [0.2, 0.25) is 0 Å². The van der Waals surface area contributed by atoms with Crippen molar-refractivity contribution >= 4 is 23.1 Å². The van der Waals surface area contributed by atoms with E-state index in [4.69, 9.17) is 0 Å². The maximum Gasteiger partial charge on any atom is 0.126 e. The first-order valence-corrected chi connectivity index (χ1v) is 8.62. The third-order valence-electron chi connectivity index (χ3n) is 2.95. The minimum atomic E-state index is -0.231. The summed E-state index contributed by atoms with van der Waals surface area (Å²) < 4.78 is 12.9. The summed E-state index contributed by atoms with van der Waals surface area (Å²) >= 11 is 3.22. The quantitative estimate of drug-likeness (QED) is 0.515. The van der Waals surface area contributed by atoms with E-state index in [0.29, 0.717) is 0 Å². The lowest BCUT2D eigenvalue weighted by Crippen LogP contribution is -1.93. The Hall–Kier alpha value is -1.79. The lowest BCUT2D eigenvalue weighted by molar-refractivity contribution is 0.628. The molecule has 0 N–H and O–H groups in total. The third-order valence-corrected chi connectivity index (χ3v) is 4.84. The van der Waals surface area contributed by atoms with E-state index in [2.05, 4.69) is 15.0 Å². The summed E-state index contributed by atoms with van der Waals surface area (Å²) in [6.07, 6.45) is 0. The summed E-state index contributed by atoms with van der Waals surface area (Å²) in [5, 5.41) is 3.90. The maximum atomic E-state index is 12.9. The van der Waals surface area contributed by atoms with Crippen molar-refractivity contribution in [1.29, 1.82) is 0 Å². The zero-order valence-electron chi connectivity index (χ0n) is 12.2. The molecular formula is C16H14FN3S2. The Morgan fingerprint density at radius 3 is 2.59 bits per heavy atom. The first-order chi connectivity index (χ1) is 10.6. The minimum Gasteiger partial charge on any atom is -0.240 e. The van der Waals surface area contributed by atoms with E-state index in [0.717, 1.165) is 38.6 Å². The molecule has 0 aliphatic heterocycles. The zero-order valence-corrected chi connectivity index (χ0v) is 13.8. The summed E-state index contributed by atoms with van der Waals surface area (Å²) in [6, 6.07) is 8.39. The number of aryl methyl sites for hydroxylation is 2. The van der Waals surface area contributed by atoms with Crippen molar-refractivity contribution in [2.24, 2.45) is 0 Å². The van der Waals surface area contributed by atoms with Crippen LogP contribution in [0.1, 0.15) is 17.2 Å². The van der Waals surface area contributed by atoms with E-state index < -0.39 is 0 Å². The average Bonchev–Trinajstić information content (AvgIpc) is 2.94. The number of hydrogen-bond donors (Lipinski definition) is 0. The smallest absolute Gasteiger partial charge is 0.126 e. The maximum absolute atomic E-state index is 12.9. The second kappa shape index (κ2) is 6.54. The van der Waals surface area contributed by atoms with Gasteiger partial charge in [-0.15, -0.1) is 11.3 Å². The Balaban J connectivity index is 1.70. The van der Waals surface area contributed by atoms with Crippen molar-refractivity contribution in [3.63, 3.8) is 0 Å². The van der Waals surface area contributed by atoms with Gasteiger partial charge in [-0.3, -0.25) is 0 Å². The fourth-order valence-corrected chi connectivity index (χ4v) is 3.83. The fourth-order valence-electron chi connectivity index (χ4n) is 2.00. The molecule has 0 amide bonds. The molecule has 0 atom stereocenters. The summed E-state index contributed by atoms with van der Waals surface area (Å²) in [4.78, 5) is 13.3. The van der Waals surface area contributed by atoms with Gasteiger partial charge in [0, 0.05) is 22.4 Å². The molecule has 0 radical (unpaired) electrons. The highest BCUT2D eigenvalue weighted by Gasteiger charge is 2.07. The van der Waals surface area contributed by atoms with Gasteiger partial charge in [0.25, 0.3) is 0 Å². The van der Waals surface area contributed by atoms with Crippen molar-refractivity contribution in [2.75, 3.05) is 0 Å². The van der Waals surface area contributed by atoms with Gasteiger partial charge >= 0.3 is 0 Å². The number of thioether (sulfide) groups is 1. The normalized spacial score (nSPS) is 10.9. The monoisotopic (exact) mass is 331 g/mol. The van der Waals surface area contributed by atoms with Gasteiger partial charge in [0.15, 0.2) is 0 Å². The summed E-state index contributed by atoms with van der Waals surface area (Å²) in [5.41, 5.74) is 2.92. The van der Waals surface area contributed by atoms with Crippen LogP contribution in [0.25, 0.3) is 10.6 Å². The highest BCUT2D eigenvalue weighted by molar-refractivity contribution is 7.98. The zero-order chi connectivity index (χ0) is 15.5. The predicted molar refractivity (Wildman–Crippen MR) is 88.6 cm³/mol. The Labute approximate surface area is 136 Å². The summed E-state index contributed by atoms with van der Waals surface area (Å²) in [7, 11) is 0. The average molecular weight is 331 g/mol. The van der Waals surface area contributed by atoms with Crippen LogP contribution >= 0.6 is 23.1 Å². The first-order valence-electron chi connectivity index (χ1n) is 6.75. The molecule has 0 saturated heterocycles. The van der Waals surface area contributed by atoms with E-state index in [-0.39, 0.29) is 5.82 Å². The molecule has 2 aromatic heterocycles. The third kappa shape index (κ3) is 3.69. The first kappa shape index (κ1) is 15.1. The molecule has 6 heteroatoms. The van der Waals surface area contributed by atoms with Gasteiger partial charge in [-0.05, 0) is 44.2 Å². The lowest BCUT2D eigenvalue weighted by atomic mass is 10.2. The standard InChI is InChI=1S/C16H14FN3S2/c1-10-7-15(19-11(2)18-10)21-8-14-9-22-16(20-14)12-3-5-13(17)6-4-12/h3-7,9H,8H2,1-2H3. The number of hydrogen-bond acceptors (Lipinski definition) is 5. The second-order valence-corrected chi connectivity index (χ2v) is 6.69. The molecule has 0 bridgehead atoms. The number of aromatic nitrogens is 3. The molecule has 22 heavy (non-hydrogen) atoms. The van der Waals surface area contributed by atoms with Crippen LogP contribution in [-0.2, 0) is 5.75 Å². The van der Waals surface area contributed by atoms with Crippen molar-refractivity contribution < 1.29 is 4.39 Å². The van der Waals surface area contributed by atoms with Crippen molar-refractivity contribution in [3.05, 3.63) is 58.7 Å². The van der Waals surface area contributed by atoms with Crippen molar-refractivity contribution in [3.8, 4) is 10.6 Å². The van der Waals surface area contributed by atoms with E-state index in [1.165, 1.54) is 12.1 Å². The van der Waals surface area contributed by atoms with E-state index >= 15 is 0 Å². The van der Waals surface area contributed by atoms with Gasteiger partial charge in [0.1, 0.15) is 21.7 Å². The van der Waals surface area contributed by atoms with Gasteiger partial charge in [0.2, 0.25) is 0 Å². The summed E-state index contributed by atoms with van der Waals surface area (Å²) in [6.45, 7) is 3.86. The fraction of sp³-hybridized carbons (Fsp3) is 0.188. The van der Waals surface area contributed by atoms with E-state index in [9.17, 15) is 4.39 Å². The number of benzene rings is 1. The SMILES string of the molecule is Cc1cc(SCc2csc(-c3ccc(F)cc3)n2)nc(C)n1. The van der Waals surface area contributed by atoms with Crippen LogP contribution in [0.5, 0.6) is 0 Å². The van der Waals surface area contributed by atoms with Gasteiger partial charge in [-0.2, -0.15) is 0 Å². The van der Waals surface area contributed by atoms with Crippen LogP contribution < -0.4 is 0 Å². The number of nitrogens with zero attached hydrogens (tertiary/aromatic N) is 3. The Kier molecular flexibility index (Phi) is 4.49. The topological polar surface area (TPSA) is 38.7 Å². The van der Waals surface area contributed by atoms with Crippen LogP contribution in [-0.4, -0.2) is 15.0 Å². The Bertz CT molecular complexity index is 764. The van der Waals surface area contributed by atoms with Crippen molar-refractivity contribution in [1.82, 2.24) is 15.0 Å². The van der Waals surface area contributed by atoms with Crippen LogP contribution in [0.4, 0.5) is 4.39 Å². The van der Waals surface area contributed by atoms with E-state index in [1.807, 2.05) is 25.3 Å². The van der Waals surface area contributed by atoms with Gasteiger partial charge in [0.05, 0.1) is 5.69 Å². The van der Waals surface area contributed by atoms with E-state index in [1.54, 1.807) is 35.2 Å². The van der Waals surface area contributed by atoms with Gasteiger partial charge < -0.3 is 0 Å². The molecule has 112 valence electrons. The molecule has 0 spiro atoms. The second-order valence-electron chi connectivity index (χ2n) is 4.83. The minimum absolute atomic E-state index is 0.231. The molecule has 0 saturated carbocycles. The number of rotatable bonds is 4. The molecular weight excluding hydrogens is 317 g/mol. The highest BCUT2D eigenvalue weighted by Crippen LogP contribution is 2.27. The number of halogens is 1. The van der Waals surface area contributed by atoms with Gasteiger partial charge in [-0.25, -0.2) is 19.3 Å². The van der Waals surface area contributed by atoms with Crippen LogP contribution in [0.15, 0.2) is 40.7 Å². The lowest BCUT2D eigenvalue weighted by Gasteiger charge is -2.01. The molecule has 1 aromatic carbocycles. The molecule has 0 unspecified atom stereocenters. The Morgan fingerprint density at radius 2 is 1.86 bits per heavy atom.